The number of hydrogen-bond acceptors (Lipinski definition) is 0. The molecule has 5 aromatic rings. The summed E-state index contributed by atoms with van der Waals surface area (Å²) in [6, 6.07) is 37.5. The summed E-state index contributed by atoms with van der Waals surface area (Å²) in [5.41, 5.74) is 23.2. The molecule has 0 heteroatoms. The molecule has 0 aliphatic heterocycles. The Morgan fingerprint density at radius 1 is 0.360 bits per heavy atom. The van der Waals surface area contributed by atoms with Crippen LogP contribution in [0.5, 0.6) is 0 Å². The molecule has 0 aromatic heterocycles. The van der Waals surface area contributed by atoms with Crippen molar-refractivity contribution in [2.45, 2.75) is 103 Å². The molecule has 0 saturated heterocycles. The molecule has 5 aromatic carbocycles. The average Bonchev–Trinajstić information content (AvgIpc) is 3.64. The van der Waals surface area contributed by atoms with Crippen LogP contribution in [0.1, 0.15) is 120 Å². The Morgan fingerprint density at radius 3 is 1.04 bits per heavy atom. The molecule has 0 radical (unpaired) electrons. The molecule has 0 unspecified atom stereocenters. The summed E-state index contributed by atoms with van der Waals surface area (Å²) in [4.78, 5) is 0. The van der Waals surface area contributed by atoms with Gasteiger partial charge in [-0.15, -0.1) is 0 Å². The Balaban J connectivity index is 1.04. The van der Waals surface area contributed by atoms with Gasteiger partial charge in [0, 0.05) is 10.8 Å². The van der Waals surface area contributed by atoms with Gasteiger partial charge in [0.1, 0.15) is 0 Å². The van der Waals surface area contributed by atoms with Crippen LogP contribution in [0.3, 0.4) is 0 Å². The molecular formula is C50H50. The van der Waals surface area contributed by atoms with Gasteiger partial charge in [-0.1, -0.05) is 136 Å². The lowest BCUT2D eigenvalue weighted by Gasteiger charge is -2.38. The lowest BCUT2D eigenvalue weighted by Crippen LogP contribution is -2.28. The molecule has 0 N–H and O–H groups in total. The Hall–Kier alpha value is -4.42. The maximum Gasteiger partial charge on any atom is 0.0215 e. The van der Waals surface area contributed by atoms with Gasteiger partial charge in [-0.3, -0.25) is 0 Å². The highest BCUT2D eigenvalue weighted by atomic mass is 14.5. The van der Waals surface area contributed by atoms with Crippen LogP contribution in [0.15, 0.2) is 97.1 Å². The Bertz CT molecular complexity index is 1980. The monoisotopic (exact) mass is 650 g/mol. The van der Waals surface area contributed by atoms with Crippen LogP contribution in [-0.4, -0.2) is 0 Å². The molecule has 2 fully saturated rings. The van der Waals surface area contributed by atoms with Gasteiger partial charge in [0.2, 0.25) is 0 Å². The number of rotatable bonds is 4. The minimum atomic E-state index is 0.182. The van der Waals surface area contributed by atoms with Gasteiger partial charge < -0.3 is 0 Å². The molecule has 0 amide bonds. The minimum absolute atomic E-state index is 0.182. The fourth-order valence-electron chi connectivity index (χ4n) is 10.9. The van der Waals surface area contributed by atoms with Crippen LogP contribution >= 0.6 is 0 Å². The Labute approximate surface area is 300 Å². The molecule has 2 spiro atoms. The maximum absolute atomic E-state index is 2.50. The molecule has 250 valence electrons. The van der Waals surface area contributed by atoms with E-state index in [4.69, 9.17) is 0 Å². The van der Waals surface area contributed by atoms with Gasteiger partial charge in [-0.2, -0.15) is 0 Å². The van der Waals surface area contributed by atoms with Crippen LogP contribution < -0.4 is 0 Å². The van der Waals surface area contributed by atoms with E-state index in [-0.39, 0.29) is 10.8 Å². The van der Waals surface area contributed by atoms with Crippen molar-refractivity contribution in [3.8, 4) is 22.3 Å². The van der Waals surface area contributed by atoms with Crippen molar-refractivity contribution in [2.75, 3.05) is 0 Å². The second-order valence-corrected chi connectivity index (χ2v) is 16.0. The lowest BCUT2D eigenvalue weighted by molar-refractivity contribution is 0.372. The zero-order valence-corrected chi connectivity index (χ0v) is 30.5. The van der Waals surface area contributed by atoms with Crippen LogP contribution in [0.2, 0.25) is 0 Å². The summed E-state index contributed by atoms with van der Waals surface area (Å²) < 4.78 is 0. The SMILES string of the molecule is Cc1c(C)c(-c2ccc(C3=Cc4ccccc4C34CCCCC4)cc2)c(C)c(C)c1-c1ccc(C2=Cc3ccccc3C23CCCCC3)cc1. The molecule has 0 atom stereocenters. The molecule has 0 bridgehead atoms. The molecule has 0 nitrogen and oxygen atoms in total. The number of hydrogen-bond donors (Lipinski definition) is 0. The first-order chi connectivity index (χ1) is 24.4. The first-order valence-corrected chi connectivity index (χ1v) is 19.4. The minimum Gasteiger partial charge on any atom is -0.0619 e. The summed E-state index contributed by atoms with van der Waals surface area (Å²) in [6.45, 7) is 9.35. The van der Waals surface area contributed by atoms with E-state index in [9.17, 15) is 0 Å². The van der Waals surface area contributed by atoms with Crippen LogP contribution in [0, 0.1) is 27.7 Å². The third-order valence-electron chi connectivity index (χ3n) is 13.6. The number of allylic oxidation sites excluding steroid dienone is 2. The summed E-state index contributed by atoms with van der Waals surface area (Å²) in [7, 11) is 0. The van der Waals surface area contributed by atoms with Crippen molar-refractivity contribution in [1.82, 2.24) is 0 Å². The smallest absolute Gasteiger partial charge is 0.0215 e. The quantitative estimate of drug-likeness (QED) is 0.182. The first kappa shape index (κ1) is 31.6. The fourth-order valence-corrected chi connectivity index (χ4v) is 10.9. The van der Waals surface area contributed by atoms with Gasteiger partial charge in [0.05, 0.1) is 0 Å². The van der Waals surface area contributed by atoms with E-state index >= 15 is 0 Å². The van der Waals surface area contributed by atoms with Crippen molar-refractivity contribution in [1.29, 1.82) is 0 Å². The van der Waals surface area contributed by atoms with Gasteiger partial charge in [0.15, 0.2) is 0 Å². The van der Waals surface area contributed by atoms with E-state index in [1.54, 1.807) is 11.1 Å². The van der Waals surface area contributed by atoms with E-state index in [1.807, 2.05) is 0 Å². The highest BCUT2D eigenvalue weighted by Gasteiger charge is 2.43. The van der Waals surface area contributed by atoms with Crippen LogP contribution in [0.4, 0.5) is 0 Å². The van der Waals surface area contributed by atoms with E-state index in [0.717, 1.165) is 0 Å². The van der Waals surface area contributed by atoms with Crippen LogP contribution in [0.25, 0.3) is 45.6 Å². The topological polar surface area (TPSA) is 0 Å². The highest BCUT2D eigenvalue weighted by molar-refractivity contribution is 5.96. The predicted molar refractivity (Wildman–Crippen MR) is 214 cm³/mol. The predicted octanol–water partition coefficient (Wildman–Crippen LogP) is 13.8. The second-order valence-electron chi connectivity index (χ2n) is 16.0. The molecule has 50 heavy (non-hydrogen) atoms. The van der Waals surface area contributed by atoms with Crippen molar-refractivity contribution in [3.63, 3.8) is 0 Å². The molecular weight excluding hydrogens is 601 g/mol. The van der Waals surface area contributed by atoms with E-state index in [1.165, 1.54) is 142 Å². The highest BCUT2D eigenvalue weighted by Crippen LogP contribution is 2.56. The third kappa shape index (κ3) is 4.71. The third-order valence-corrected chi connectivity index (χ3v) is 13.6. The van der Waals surface area contributed by atoms with Gasteiger partial charge >= 0.3 is 0 Å². The zero-order valence-electron chi connectivity index (χ0n) is 30.5. The summed E-state index contributed by atoms with van der Waals surface area (Å²) in [5, 5.41) is 0. The van der Waals surface area contributed by atoms with Crippen molar-refractivity contribution in [2.24, 2.45) is 0 Å². The van der Waals surface area contributed by atoms with Gasteiger partial charge in [-0.05, 0) is 155 Å². The van der Waals surface area contributed by atoms with Crippen molar-refractivity contribution in [3.05, 3.63) is 153 Å². The fraction of sp³-hybridized carbons (Fsp3) is 0.320. The van der Waals surface area contributed by atoms with E-state index < -0.39 is 0 Å². The normalized spacial score (nSPS) is 18.6. The molecule has 2 saturated carbocycles. The van der Waals surface area contributed by atoms with E-state index in [0.29, 0.717) is 0 Å². The largest absolute Gasteiger partial charge is 0.0619 e. The maximum atomic E-state index is 2.50. The number of fused-ring (bicyclic) bond motifs is 4. The summed E-state index contributed by atoms with van der Waals surface area (Å²) in [6.07, 6.45) is 18.1. The second kappa shape index (κ2) is 12.1. The first-order valence-electron chi connectivity index (χ1n) is 19.4. The van der Waals surface area contributed by atoms with Gasteiger partial charge in [0.25, 0.3) is 0 Å². The molecule has 0 heterocycles. The van der Waals surface area contributed by atoms with Gasteiger partial charge in [-0.25, -0.2) is 0 Å². The summed E-state index contributed by atoms with van der Waals surface area (Å²) >= 11 is 0. The standard InChI is InChI=1S/C50H50/c1-33-34(2)48(40-25-21-38(22-26-40)46-32-42-16-8-10-18-44(42)50(46)29-13-6-14-30-50)36(4)35(3)47(33)39-23-19-37(20-24-39)45-31-41-15-7-9-17-43(41)49(45)27-11-5-12-28-49/h7-10,15-26,31-32H,5-6,11-14,27-30H2,1-4H3. The molecule has 4 aliphatic carbocycles. The average molecular weight is 651 g/mol. The summed E-state index contributed by atoms with van der Waals surface area (Å²) in [5.74, 6) is 0. The van der Waals surface area contributed by atoms with Crippen molar-refractivity contribution < 1.29 is 0 Å². The molecule has 4 aliphatic rings. The van der Waals surface area contributed by atoms with Crippen LogP contribution in [-0.2, 0) is 10.8 Å². The van der Waals surface area contributed by atoms with E-state index in [2.05, 4.69) is 137 Å². The zero-order chi connectivity index (χ0) is 34.0. The Morgan fingerprint density at radius 2 is 0.680 bits per heavy atom. The Kier molecular flexibility index (Phi) is 7.65. The lowest BCUT2D eigenvalue weighted by atomic mass is 9.65. The molecule has 9 rings (SSSR count). The number of benzene rings is 5. The van der Waals surface area contributed by atoms with Crippen molar-refractivity contribution >= 4 is 23.3 Å².